The number of nitro benzene ring substituents is 1. The molecule has 2 aromatic rings. The van der Waals surface area contributed by atoms with Crippen molar-refractivity contribution in [1.82, 2.24) is 4.98 Å². The SMILES string of the molecule is O=[N+]([O-])c1cccc2nc(S(=O)(=O)Cl)oc12. The van der Waals surface area contributed by atoms with Crippen LogP contribution in [0.15, 0.2) is 27.8 Å². The highest BCUT2D eigenvalue weighted by molar-refractivity contribution is 8.13. The summed E-state index contributed by atoms with van der Waals surface area (Å²) in [6.45, 7) is 0. The molecule has 0 aliphatic heterocycles. The van der Waals surface area contributed by atoms with Gasteiger partial charge in [0.1, 0.15) is 5.52 Å². The molecule has 0 unspecified atom stereocenters. The summed E-state index contributed by atoms with van der Waals surface area (Å²) in [5, 5.41) is 9.86. The number of benzene rings is 1. The molecular weight excluding hydrogens is 260 g/mol. The lowest BCUT2D eigenvalue weighted by molar-refractivity contribution is -0.383. The zero-order valence-electron chi connectivity index (χ0n) is 7.45. The van der Waals surface area contributed by atoms with E-state index in [2.05, 4.69) is 4.98 Å². The summed E-state index contributed by atoms with van der Waals surface area (Å²) >= 11 is 0. The number of oxazole rings is 1. The maximum absolute atomic E-state index is 10.9. The van der Waals surface area contributed by atoms with Gasteiger partial charge >= 0.3 is 20.0 Å². The van der Waals surface area contributed by atoms with E-state index in [0.717, 1.165) is 0 Å². The Morgan fingerprint density at radius 2 is 2.12 bits per heavy atom. The van der Waals surface area contributed by atoms with Crippen LogP contribution in [0.3, 0.4) is 0 Å². The molecule has 0 N–H and O–H groups in total. The van der Waals surface area contributed by atoms with Gasteiger partial charge < -0.3 is 4.42 Å². The second-order valence-corrected chi connectivity index (χ2v) is 5.24. The second-order valence-electron chi connectivity index (χ2n) is 2.80. The quantitative estimate of drug-likeness (QED) is 0.463. The molecular formula is C7H3ClN2O5S. The van der Waals surface area contributed by atoms with E-state index in [0.29, 0.717) is 0 Å². The molecule has 0 amide bonds. The summed E-state index contributed by atoms with van der Waals surface area (Å²) in [4.78, 5) is 13.4. The Kier molecular flexibility index (Phi) is 2.32. The van der Waals surface area contributed by atoms with E-state index in [9.17, 15) is 18.5 Å². The summed E-state index contributed by atoms with van der Waals surface area (Å²) in [7, 11) is 0.873. The molecule has 1 heterocycles. The highest BCUT2D eigenvalue weighted by Crippen LogP contribution is 2.28. The van der Waals surface area contributed by atoms with Gasteiger partial charge in [-0.25, -0.2) is 8.42 Å². The van der Waals surface area contributed by atoms with Crippen LogP contribution >= 0.6 is 10.7 Å². The number of halogens is 1. The molecule has 0 fully saturated rings. The van der Waals surface area contributed by atoms with Gasteiger partial charge in [-0.05, 0) is 6.07 Å². The molecule has 0 aliphatic rings. The summed E-state index contributed by atoms with van der Waals surface area (Å²) < 4.78 is 26.6. The van der Waals surface area contributed by atoms with E-state index in [1.807, 2.05) is 0 Å². The van der Waals surface area contributed by atoms with Gasteiger partial charge in [-0.15, -0.1) is 0 Å². The number of para-hydroxylation sites is 1. The number of hydrogen-bond donors (Lipinski definition) is 0. The fourth-order valence-corrected chi connectivity index (χ4v) is 1.75. The fraction of sp³-hybridized carbons (Fsp3) is 0. The van der Waals surface area contributed by atoms with Gasteiger partial charge in [0.2, 0.25) is 5.58 Å². The van der Waals surface area contributed by atoms with Crippen LogP contribution in [0.2, 0.25) is 0 Å². The number of aromatic nitrogens is 1. The molecule has 0 aliphatic carbocycles. The second kappa shape index (κ2) is 3.42. The molecule has 7 nitrogen and oxygen atoms in total. The van der Waals surface area contributed by atoms with Gasteiger partial charge in [0.05, 0.1) is 4.92 Å². The van der Waals surface area contributed by atoms with Crippen molar-refractivity contribution in [1.29, 1.82) is 0 Å². The highest BCUT2D eigenvalue weighted by atomic mass is 35.7. The minimum Gasteiger partial charge on any atom is -0.420 e. The van der Waals surface area contributed by atoms with Gasteiger partial charge in [0.15, 0.2) is 0 Å². The lowest BCUT2D eigenvalue weighted by atomic mass is 10.3. The molecule has 0 radical (unpaired) electrons. The van der Waals surface area contributed by atoms with Gasteiger partial charge in [-0.1, -0.05) is 6.07 Å². The van der Waals surface area contributed by atoms with Crippen LogP contribution in [0.1, 0.15) is 0 Å². The number of nitro groups is 1. The smallest absolute Gasteiger partial charge is 0.332 e. The number of rotatable bonds is 2. The first-order chi connectivity index (χ1) is 7.39. The number of fused-ring (bicyclic) bond motifs is 1. The van der Waals surface area contributed by atoms with Crippen molar-refractivity contribution in [2.24, 2.45) is 0 Å². The molecule has 0 spiro atoms. The predicted octanol–water partition coefficient (Wildman–Crippen LogP) is 1.66. The number of non-ortho nitro benzene ring substituents is 1. The first-order valence-electron chi connectivity index (χ1n) is 3.88. The van der Waals surface area contributed by atoms with Crippen molar-refractivity contribution in [3.63, 3.8) is 0 Å². The number of nitrogens with zero attached hydrogens (tertiary/aromatic N) is 2. The van der Waals surface area contributed by atoms with Gasteiger partial charge in [-0.3, -0.25) is 10.1 Å². The first-order valence-corrected chi connectivity index (χ1v) is 6.19. The number of hydrogen-bond acceptors (Lipinski definition) is 6. The third kappa shape index (κ3) is 1.72. The Labute approximate surface area is 93.2 Å². The Balaban J connectivity index is 2.81. The highest BCUT2D eigenvalue weighted by Gasteiger charge is 2.23. The Morgan fingerprint density at radius 1 is 1.44 bits per heavy atom. The van der Waals surface area contributed by atoms with Crippen LogP contribution < -0.4 is 0 Å². The van der Waals surface area contributed by atoms with Crippen molar-refractivity contribution in [3.05, 3.63) is 28.3 Å². The summed E-state index contributed by atoms with van der Waals surface area (Å²) in [5.41, 5.74) is -0.517. The van der Waals surface area contributed by atoms with Crippen molar-refractivity contribution in [2.45, 2.75) is 5.22 Å². The van der Waals surface area contributed by atoms with Crippen LogP contribution in [0.25, 0.3) is 11.1 Å². The normalized spacial score (nSPS) is 11.8. The molecule has 0 atom stereocenters. The maximum atomic E-state index is 10.9. The Bertz CT molecular complexity index is 677. The zero-order chi connectivity index (χ0) is 11.9. The van der Waals surface area contributed by atoms with Crippen molar-refractivity contribution >= 4 is 36.5 Å². The van der Waals surface area contributed by atoms with E-state index in [1.165, 1.54) is 18.2 Å². The molecule has 1 aromatic heterocycles. The Hall–Kier alpha value is -1.67. The lowest BCUT2D eigenvalue weighted by Gasteiger charge is -1.89. The van der Waals surface area contributed by atoms with Crippen LogP contribution in [-0.2, 0) is 9.05 Å². The van der Waals surface area contributed by atoms with Gasteiger partial charge in [-0.2, -0.15) is 4.98 Å². The predicted molar refractivity (Wildman–Crippen MR) is 53.7 cm³/mol. The summed E-state index contributed by atoms with van der Waals surface area (Å²) in [6.07, 6.45) is 0. The van der Waals surface area contributed by atoms with E-state index in [4.69, 9.17) is 15.1 Å². The third-order valence-corrected chi connectivity index (χ3v) is 2.77. The largest absolute Gasteiger partial charge is 0.420 e. The minimum atomic E-state index is -4.14. The molecule has 2 rings (SSSR count). The minimum absolute atomic E-state index is 0.0634. The van der Waals surface area contributed by atoms with E-state index in [-0.39, 0.29) is 16.8 Å². The molecule has 9 heteroatoms. The van der Waals surface area contributed by atoms with Gasteiger partial charge in [0.25, 0.3) is 0 Å². The first kappa shape index (κ1) is 10.8. The van der Waals surface area contributed by atoms with Crippen molar-refractivity contribution < 1.29 is 17.8 Å². The molecule has 1 aromatic carbocycles. The topological polar surface area (TPSA) is 103 Å². The average Bonchev–Trinajstić information content (AvgIpc) is 2.59. The summed E-state index contributed by atoms with van der Waals surface area (Å²) in [6, 6.07) is 3.93. The zero-order valence-corrected chi connectivity index (χ0v) is 9.03. The third-order valence-electron chi connectivity index (χ3n) is 1.78. The monoisotopic (exact) mass is 262 g/mol. The Morgan fingerprint density at radius 3 is 2.69 bits per heavy atom. The molecule has 84 valence electrons. The van der Waals surface area contributed by atoms with Crippen molar-refractivity contribution in [2.75, 3.05) is 0 Å². The van der Waals surface area contributed by atoms with E-state index < -0.39 is 19.2 Å². The molecule has 0 bridgehead atoms. The fourth-order valence-electron chi connectivity index (χ4n) is 1.16. The standard InChI is InChI=1S/C7H3ClN2O5S/c8-16(13,14)7-9-4-2-1-3-5(10(11)12)6(4)15-7/h1-3H. The molecule has 0 saturated heterocycles. The average molecular weight is 263 g/mol. The maximum Gasteiger partial charge on any atom is 0.332 e. The van der Waals surface area contributed by atoms with E-state index in [1.54, 1.807) is 0 Å². The van der Waals surface area contributed by atoms with Crippen LogP contribution in [-0.4, -0.2) is 18.3 Å². The lowest BCUT2D eigenvalue weighted by Crippen LogP contribution is -1.88. The van der Waals surface area contributed by atoms with Gasteiger partial charge in [0, 0.05) is 16.7 Å². The summed E-state index contributed by atoms with van der Waals surface area (Å²) in [5.74, 6) is 0. The van der Waals surface area contributed by atoms with Crippen LogP contribution in [0.4, 0.5) is 5.69 Å². The van der Waals surface area contributed by atoms with E-state index >= 15 is 0 Å². The van der Waals surface area contributed by atoms with Crippen LogP contribution in [0, 0.1) is 10.1 Å². The van der Waals surface area contributed by atoms with Crippen LogP contribution in [0.5, 0.6) is 0 Å². The van der Waals surface area contributed by atoms with Crippen molar-refractivity contribution in [3.8, 4) is 0 Å². The molecule has 16 heavy (non-hydrogen) atoms. The molecule has 0 saturated carbocycles.